The number of aldehydes is 1. The van der Waals surface area contributed by atoms with E-state index >= 15 is 0 Å². The highest BCUT2D eigenvalue weighted by molar-refractivity contribution is 8.54. The Morgan fingerprint density at radius 1 is 1.19 bits per heavy atom. The highest BCUT2D eigenvalue weighted by Gasteiger charge is 2.18. The van der Waals surface area contributed by atoms with Crippen molar-refractivity contribution in [2.24, 2.45) is 0 Å². The normalized spacial score (nSPS) is 14.8. The molecule has 136 valence electrons. The second kappa shape index (κ2) is 9.09. The molecule has 7 nitrogen and oxygen atoms in total. The molecule has 2 aromatic carbocycles. The van der Waals surface area contributed by atoms with E-state index in [1.165, 1.54) is 6.07 Å². The minimum atomic E-state index is -0.470. The molecule has 0 spiro atoms. The first-order valence-electron chi connectivity index (χ1n) is 8.06. The highest BCUT2D eigenvalue weighted by Crippen LogP contribution is 2.45. The van der Waals surface area contributed by atoms with Gasteiger partial charge in [0.2, 0.25) is 5.75 Å². The van der Waals surface area contributed by atoms with E-state index in [2.05, 4.69) is 10.2 Å². The van der Waals surface area contributed by atoms with Crippen LogP contribution in [-0.4, -0.2) is 24.3 Å². The molecule has 0 radical (unpaired) electrons. The van der Waals surface area contributed by atoms with Gasteiger partial charge in [-0.3, -0.25) is 25.1 Å². The number of hydrogen-bond donors (Lipinski definition) is 2. The maximum absolute atomic E-state index is 11.3. The number of nitro benzene ring substituents is 1. The fraction of sp³-hybridized carbons (Fsp3) is 0.235. The molecular weight excluding hydrogens is 373 g/mol. The lowest BCUT2D eigenvalue weighted by Gasteiger charge is -2.23. The molecule has 0 aromatic heterocycles. The largest absolute Gasteiger partial charge is 0.450 e. The summed E-state index contributed by atoms with van der Waals surface area (Å²) in [6.07, 6.45) is 1.86. The first-order valence-corrected chi connectivity index (χ1v) is 11.0. The lowest BCUT2D eigenvalue weighted by molar-refractivity contribution is -0.385. The van der Waals surface area contributed by atoms with Crippen LogP contribution in [0.25, 0.3) is 0 Å². The van der Waals surface area contributed by atoms with Crippen molar-refractivity contribution < 1.29 is 14.5 Å². The molecule has 1 aliphatic rings. The lowest BCUT2D eigenvalue weighted by atomic mass is 10.2. The fourth-order valence-electron chi connectivity index (χ4n) is 2.36. The minimum absolute atomic E-state index is 0.0853. The van der Waals surface area contributed by atoms with E-state index in [1.807, 2.05) is 0 Å². The van der Waals surface area contributed by atoms with Crippen molar-refractivity contribution in [3.8, 4) is 11.5 Å². The molecule has 0 aliphatic carbocycles. The second-order valence-electron chi connectivity index (χ2n) is 5.59. The summed E-state index contributed by atoms with van der Waals surface area (Å²) in [6.45, 7) is 2.02. The number of carbonyl (C=O) groups is 1. The predicted octanol–water partition coefficient (Wildman–Crippen LogP) is 4.24. The molecule has 0 unspecified atom stereocenters. The molecule has 1 saturated heterocycles. The average molecular weight is 391 g/mol. The van der Waals surface area contributed by atoms with Crippen molar-refractivity contribution in [1.82, 2.24) is 10.2 Å². The standard InChI is InChI=1S/C17H18N3O4PS/c21-11-13-2-5-15(6-3-13)24-17-10-14(4-7-16(17)20(22)23)12-26-25-18-8-1-9-19-25/h2-7,10-11,18-19H,1,8-9,12H2. The van der Waals surface area contributed by atoms with E-state index < -0.39 is 12.3 Å². The Hall–Kier alpha value is -1.99. The van der Waals surface area contributed by atoms with Gasteiger partial charge in [-0.15, -0.1) is 0 Å². The van der Waals surface area contributed by atoms with Gasteiger partial charge in [0.05, 0.1) is 12.3 Å². The van der Waals surface area contributed by atoms with Gasteiger partial charge in [-0.2, -0.15) is 0 Å². The average Bonchev–Trinajstić information content (AvgIpc) is 2.68. The molecule has 0 bridgehead atoms. The molecule has 0 atom stereocenters. The first kappa shape index (κ1) is 18.8. The number of rotatable bonds is 7. The molecule has 2 N–H and O–H groups in total. The minimum Gasteiger partial charge on any atom is -0.450 e. The Kier molecular flexibility index (Phi) is 6.57. The third-order valence-corrected chi connectivity index (χ3v) is 7.37. The molecule has 1 fully saturated rings. The van der Waals surface area contributed by atoms with Gasteiger partial charge < -0.3 is 4.74 Å². The summed E-state index contributed by atoms with van der Waals surface area (Å²) in [7, 11) is -0.470. The molecule has 0 amide bonds. The second-order valence-corrected chi connectivity index (χ2v) is 9.22. The van der Waals surface area contributed by atoms with E-state index in [1.54, 1.807) is 47.8 Å². The van der Waals surface area contributed by atoms with Crippen molar-refractivity contribution in [2.45, 2.75) is 12.2 Å². The molecule has 2 aromatic rings. The number of nitro groups is 1. The van der Waals surface area contributed by atoms with Crippen LogP contribution >= 0.6 is 18.8 Å². The molecule has 3 rings (SSSR count). The number of hydrogen-bond acceptors (Lipinski definition) is 7. The van der Waals surface area contributed by atoms with E-state index in [4.69, 9.17) is 4.74 Å². The van der Waals surface area contributed by atoms with Crippen LogP contribution in [0.4, 0.5) is 5.69 Å². The molecule has 26 heavy (non-hydrogen) atoms. The Labute approximate surface area is 156 Å². The third-order valence-electron chi connectivity index (χ3n) is 3.69. The third kappa shape index (κ3) is 5.02. The van der Waals surface area contributed by atoms with Crippen molar-refractivity contribution >= 4 is 30.8 Å². The Morgan fingerprint density at radius 3 is 2.58 bits per heavy atom. The summed E-state index contributed by atoms with van der Waals surface area (Å²) in [5, 5.41) is 18.2. The zero-order valence-corrected chi connectivity index (χ0v) is 15.6. The van der Waals surface area contributed by atoms with Gasteiger partial charge in [0.1, 0.15) is 12.0 Å². The Bertz CT molecular complexity index is 782. The summed E-state index contributed by atoms with van der Waals surface area (Å²) in [4.78, 5) is 21.6. The number of nitrogens with zero attached hydrogens (tertiary/aromatic N) is 1. The fourth-order valence-corrected chi connectivity index (χ4v) is 5.76. The lowest BCUT2D eigenvalue weighted by Crippen LogP contribution is -2.26. The number of ether oxygens (including phenoxy) is 1. The zero-order valence-electron chi connectivity index (χ0n) is 13.9. The van der Waals surface area contributed by atoms with Gasteiger partial charge in [-0.25, -0.2) is 0 Å². The first-order chi connectivity index (χ1) is 12.7. The number of carbonyl (C=O) groups excluding carboxylic acids is 1. The topological polar surface area (TPSA) is 93.5 Å². The van der Waals surface area contributed by atoms with Crippen molar-refractivity contribution in [2.75, 3.05) is 13.1 Å². The van der Waals surface area contributed by atoms with E-state index in [-0.39, 0.29) is 11.4 Å². The molecule has 9 heteroatoms. The van der Waals surface area contributed by atoms with Crippen LogP contribution in [-0.2, 0) is 5.75 Å². The van der Waals surface area contributed by atoms with Gasteiger partial charge in [0.15, 0.2) is 0 Å². The van der Waals surface area contributed by atoms with E-state index in [0.29, 0.717) is 11.3 Å². The molecule has 1 heterocycles. The quantitative estimate of drug-likeness (QED) is 0.315. The Morgan fingerprint density at radius 2 is 1.92 bits per heavy atom. The maximum atomic E-state index is 11.3. The van der Waals surface area contributed by atoms with Gasteiger partial charge in [0, 0.05) is 30.5 Å². The van der Waals surface area contributed by atoms with Crippen LogP contribution < -0.4 is 14.9 Å². The summed E-state index contributed by atoms with van der Waals surface area (Å²) in [6, 6.07) is 11.4. The monoisotopic (exact) mass is 391 g/mol. The van der Waals surface area contributed by atoms with E-state index in [0.717, 1.165) is 37.1 Å². The van der Waals surface area contributed by atoms with Gasteiger partial charge in [-0.1, -0.05) is 17.4 Å². The van der Waals surface area contributed by atoms with Crippen molar-refractivity contribution in [3.05, 3.63) is 63.7 Å². The number of nitrogens with one attached hydrogen (secondary N) is 2. The maximum Gasteiger partial charge on any atom is 0.311 e. The smallest absolute Gasteiger partial charge is 0.311 e. The molecule has 0 saturated carbocycles. The van der Waals surface area contributed by atoms with Gasteiger partial charge in [0.25, 0.3) is 0 Å². The molecular formula is C17H18N3O4PS. The highest BCUT2D eigenvalue weighted by atomic mass is 32.7. The summed E-state index contributed by atoms with van der Waals surface area (Å²) in [5.74, 6) is 1.37. The number of benzene rings is 2. The summed E-state index contributed by atoms with van der Waals surface area (Å²) < 4.78 is 5.71. The van der Waals surface area contributed by atoms with Crippen molar-refractivity contribution in [3.63, 3.8) is 0 Å². The van der Waals surface area contributed by atoms with Crippen LogP contribution in [0, 0.1) is 10.1 Å². The zero-order chi connectivity index (χ0) is 18.4. The van der Waals surface area contributed by atoms with Gasteiger partial charge >= 0.3 is 5.69 Å². The van der Waals surface area contributed by atoms with Crippen LogP contribution in [0.15, 0.2) is 42.5 Å². The van der Waals surface area contributed by atoms with E-state index in [9.17, 15) is 14.9 Å². The van der Waals surface area contributed by atoms with Crippen LogP contribution in [0.1, 0.15) is 22.3 Å². The summed E-state index contributed by atoms with van der Waals surface area (Å²) in [5.41, 5.74) is 1.39. The summed E-state index contributed by atoms with van der Waals surface area (Å²) >= 11 is 1.76. The Balaban J connectivity index is 1.74. The van der Waals surface area contributed by atoms with Crippen LogP contribution in [0.3, 0.4) is 0 Å². The SMILES string of the molecule is O=Cc1ccc(Oc2cc(CSP3NCCCN3)ccc2[N+](=O)[O-])cc1. The predicted molar refractivity (Wildman–Crippen MR) is 104 cm³/mol. The van der Waals surface area contributed by atoms with Crippen molar-refractivity contribution in [1.29, 1.82) is 0 Å². The molecule has 1 aliphatic heterocycles. The van der Waals surface area contributed by atoms with Crippen LogP contribution in [0.5, 0.6) is 11.5 Å². The van der Waals surface area contributed by atoms with Gasteiger partial charge in [-0.05, 0) is 42.3 Å². The van der Waals surface area contributed by atoms with Crippen LogP contribution in [0.2, 0.25) is 0 Å².